The van der Waals surface area contributed by atoms with Crippen LogP contribution >= 0.6 is 0 Å². The van der Waals surface area contributed by atoms with Gasteiger partial charge in [0, 0.05) is 28.8 Å². The summed E-state index contributed by atoms with van der Waals surface area (Å²) in [4.78, 5) is 33.2. The Bertz CT molecular complexity index is 1430. The molecular weight excluding hydrogens is 449 g/mol. The van der Waals surface area contributed by atoms with Gasteiger partial charge in [-0.3, -0.25) is 9.78 Å². The number of pyridine rings is 1. The van der Waals surface area contributed by atoms with E-state index in [4.69, 9.17) is 10.7 Å². The summed E-state index contributed by atoms with van der Waals surface area (Å²) in [7, 11) is 0. The highest BCUT2D eigenvalue weighted by atomic mass is 19.1. The average Bonchev–Trinajstić information content (AvgIpc) is 3.29. The lowest BCUT2D eigenvalue weighted by Gasteiger charge is -2.31. The zero-order chi connectivity index (χ0) is 24.7. The number of nitrogen functional groups attached to an aromatic ring is 1. The third-order valence-electron chi connectivity index (χ3n) is 6.75. The molecule has 0 aliphatic heterocycles. The number of anilines is 1. The van der Waals surface area contributed by atoms with Crippen LogP contribution in [-0.4, -0.2) is 42.1 Å². The molecule has 3 aromatic heterocycles. The standard InChI is InChI=1S/C26H24FN5O3/c1-15(33)21-22(17-9-11-26(27,12-10-17)25(34)35)31-24-19(14-30-32(24)23(21)28)18-7-8-20(29-13-18)16-5-3-2-4-6-16/h2-8,13-14,17H,9-12,28H2,1H3,(H,34,35). The number of Topliss-reactive ketones (excluding diaryl/α,β-unsaturated/α-hetero) is 1. The maximum absolute atomic E-state index is 14.6. The number of carboxylic acid groups (broad SMARTS) is 1. The van der Waals surface area contributed by atoms with Crippen LogP contribution in [0.5, 0.6) is 0 Å². The van der Waals surface area contributed by atoms with Gasteiger partial charge >= 0.3 is 5.97 Å². The van der Waals surface area contributed by atoms with E-state index in [9.17, 15) is 19.1 Å². The quantitative estimate of drug-likeness (QED) is 0.403. The molecule has 9 heteroatoms. The topological polar surface area (TPSA) is 123 Å². The Balaban J connectivity index is 1.56. The third kappa shape index (κ3) is 3.92. The van der Waals surface area contributed by atoms with Crippen molar-refractivity contribution in [3.8, 4) is 22.4 Å². The molecule has 0 saturated heterocycles. The fourth-order valence-electron chi connectivity index (χ4n) is 4.79. The molecule has 3 heterocycles. The summed E-state index contributed by atoms with van der Waals surface area (Å²) >= 11 is 0. The second-order valence-electron chi connectivity index (χ2n) is 8.95. The summed E-state index contributed by atoms with van der Waals surface area (Å²) < 4.78 is 16.1. The number of carbonyl (C=O) groups excluding carboxylic acids is 1. The number of rotatable bonds is 5. The molecule has 0 radical (unpaired) electrons. The fraction of sp³-hybridized carbons (Fsp3) is 0.269. The Hall–Kier alpha value is -4.14. The molecule has 178 valence electrons. The minimum absolute atomic E-state index is 0.145. The van der Waals surface area contributed by atoms with Crippen molar-refractivity contribution in [3.05, 3.63) is 66.1 Å². The van der Waals surface area contributed by atoms with Gasteiger partial charge in [-0.2, -0.15) is 9.61 Å². The Morgan fingerprint density at radius 3 is 2.40 bits per heavy atom. The van der Waals surface area contributed by atoms with Crippen LogP contribution < -0.4 is 5.73 Å². The van der Waals surface area contributed by atoms with E-state index in [0.29, 0.717) is 16.9 Å². The van der Waals surface area contributed by atoms with Gasteiger partial charge in [0.1, 0.15) is 5.82 Å². The van der Waals surface area contributed by atoms with E-state index in [-0.39, 0.29) is 48.8 Å². The van der Waals surface area contributed by atoms with Crippen molar-refractivity contribution >= 4 is 23.2 Å². The molecule has 8 nitrogen and oxygen atoms in total. The molecule has 4 aromatic rings. The molecule has 3 N–H and O–H groups in total. The highest BCUT2D eigenvalue weighted by molar-refractivity contribution is 6.00. The number of aliphatic carboxylic acids is 1. The monoisotopic (exact) mass is 473 g/mol. The van der Waals surface area contributed by atoms with Gasteiger partial charge in [0.25, 0.3) is 0 Å². The number of halogens is 1. The van der Waals surface area contributed by atoms with Crippen LogP contribution in [0.3, 0.4) is 0 Å². The van der Waals surface area contributed by atoms with Gasteiger partial charge < -0.3 is 10.8 Å². The normalized spacial score (nSPS) is 20.1. The second-order valence-corrected chi connectivity index (χ2v) is 8.95. The largest absolute Gasteiger partial charge is 0.479 e. The molecular formula is C26H24FN5O3. The molecule has 1 saturated carbocycles. The molecule has 1 aromatic carbocycles. The van der Waals surface area contributed by atoms with Crippen molar-refractivity contribution in [1.82, 2.24) is 19.6 Å². The maximum Gasteiger partial charge on any atom is 0.341 e. The molecule has 5 rings (SSSR count). The van der Waals surface area contributed by atoms with Gasteiger partial charge in [-0.15, -0.1) is 0 Å². The molecule has 1 aliphatic rings. The first-order chi connectivity index (χ1) is 16.8. The van der Waals surface area contributed by atoms with E-state index in [1.54, 1.807) is 12.4 Å². The Morgan fingerprint density at radius 1 is 1.09 bits per heavy atom. The Kier molecular flexibility index (Phi) is 5.55. The molecule has 0 spiro atoms. The summed E-state index contributed by atoms with van der Waals surface area (Å²) in [6.45, 7) is 1.40. The van der Waals surface area contributed by atoms with Crippen molar-refractivity contribution in [2.24, 2.45) is 0 Å². The summed E-state index contributed by atoms with van der Waals surface area (Å²) in [5.41, 5.74) is 8.60. The van der Waals surface area contributed by atoms with Crippen molar-refractivity contribution in [2.75, 3.05) is 5.73 Å². The van der Waals surface area contributed by atoms with E-state index in [1.807, 2.05) is 42.5 Å². The SMILES string of the molecule is CC(=O)c1c(C2CCC(F)(C(=O)O)CC2)nc2c(-c3ccc(-c4ccccc4)nc3)cnn2c1N. The number of hydrogen-bond acceptors (Lipinski definition) is 6. The molecule has 1 aliphatic carbocycles. The zero-order valence-corrected chi connectivity index (χ0v) is 19.1. The van der Waals surface area contributed by atoms with E-state index in [0.717, 1.165) is 16.8 Å². The van der Waals surface area contributed by atoms with Crippen LogP contribution in [0.15, 0.2) is 54.9 Å². The number of carboxylic acids is 1. The number of fused-ring (bicyclic) bond motifs is 1. The van der Waals surface area contributed by atoms with Gasteiger partial charge in [-0.05, 0) is 38.7 Å². The molecule has 0 atom stereocenters. The van der Waals surface area contributed by atoms with E-state index < -0.39 is 11.6 Å². The van der Waals surface area contributed by atoms with Crippen molar-refractivity contribution < 1.29 is 19.1 Å². The van der Waals surface area contributed by atoms with Gasteiger partial charge in [-0.1, -0.05) is 36.4 Å². The third-order valence-corrected chi connectivity index (χ3v) is 6.75. The highest BCUT2D eigenvalue weighted by Gasteiger charge is 2.43. The Labute approximate surface area is 200 Å². The van der Waals surface area contributed by atoms with Crippen molar-refractivity contribution in [3.63, 3.8) is 0 Å². The van der Waals surface area contributed by atoms with Crippen molar-refractivity contribution in [2.45, 2.75) is 44.2 Å². The number of benzene rings is 1. The number of hydrogen-bond donors (Lipinski definition) is 2. The van der Waals surface area contributed by atoms with Gasteiger partial charge in [0.15, 0.2) is 11.4 Å². The van der Waals surface area contributed by atoms with Crippen LogP contribution in [0.4, 0.5) is 10.2 Å². The predicted molar refractivity (Wildman–Crippen MR) is 129 cm³/mol. The summed E-state index contributed by atoms with van der Waals surface area (Å²) in [6, 6.07) is 13.6. The molecule has 0 amide bonds. The number of nitrogens with two attached hydrogens (primary N) is 1. The van der Waals surface area contributed by atoms with Gasteiger partial charge in [0.05, 0.1) is 23.1 Å². The van der Waals surface area contributed by atoms with Crippen LogP contribution in [0, 0.1) is 0 Å². The summed E-state index contributed by atoms with van der Waals surface area (Å²) in [5.74, 6) is -1.85. The van der Waals surface area contributed by atoms with Crippen LogP contribution in [0.25, 0.3) is 28.0 Å². The number of aromatic nitrogens is 4. The smallest absolute Gasteiger partial charge is 0.341 e. The molecule has 0 bridgehead atoms. The Morgan fingerprint density at radius 2 is 1.80 bits per heavy atom. The highest BCUT2D eigenvalue weighted by Crippen LogP contribution is 2.42. The molecule has 35 heavy (non-hydrogen) atoms. The minimum atomic E-state index is -2.25. The second kappa shape index (κ2) is 8.57. The first kappa shape index (κ1) is 22.6. The first-order valence-electron chi connectivity index (χ1n) is 11.4. The average molecular weight is 474 g/mol. The van der Waals surface area contributed by atoms with Crippen molar-refractivity contribution in [1.29, 1.82) is 0 Å². The number of nitrogens with zero attached hydrogens (tertiary/aromatic N) is 4. The van der Waals surface area contributed by atoms with Crippen LogP contribution in [0.1, 0.15) is 54.6 Å². The molecule has 0 unspecified atom stereocenters. The maximum atomic E-state index is 14.6. The summed E-state index contributed by atoms with van der Waals surface area (Å²) in [6.07, 6.45) is 3.58. The lowest BCUT2D eigenvalue weighted by atomic mass is 9.77. The lowest BCUT2D eigenvalue weighted by Crippen LogP contribution is -2.37. The van der Waals surface area contributed by atoms with E-state index in [2.05, 4.69) is 10.1 Å². The fourth-order valence-corrected chi connectivity index (χ4v) is 4.79. The zero-order valence-electron chi connectivity index (χ0n) is 19.1. The first-order valence-corrected chi connectivity index (χ1v) is 11.4. The van der Waals surface area contributed by atoms with Gasteiger partial charge in [-0.25, -0.2) is 14.2 Å². The van der Waals surface area contributed by atoms with Crippen LogP contribution in [-0.2, 0) is 4.79 Å². The van der Waals surface area contributed by atoms with Crippen LogP contribution in [0.2, 0.25) is 0 Å². The van der Waals surface area contributed by atoms with E-state index in [1.165, 1.54) is 11.4 Å². The molecule has 1 fully saturated rings. The van der Waals surface area contributed by atoms with E-state index >= 15 is 0 Å². The lowest BCUT2D eigenvalue weighted by molar-refractivity contribution is -0.153. The number of carbonyl (C=O) groups is 2. The number of alkyl halides is 1. The number of ketones is 1. The van der Waals surface area contributed by atoms with Gasteiger partial charge in [0.2, 0.25) is 5.67 Å². The predicted octanol–water partition coefficient (Wildman–Crippen LogP) is 4.69. The summed E-state index contributed by atoms with van der Waals surface area (Å²) in [5, 5.41) is 13.6. The minimum Gasteiger partial charge on any atom is -0.479 e.